The number of nitrogens with zero attached hydrogens (tertiary/aromatic N) is 2. The largest absolute Gasteiger partial charge is 0.450 e. The van der Waals surface area contributed by atoms with Gasteiger partial charge in [-0.15, -0.1) is 0 Å². The number of amidine groups is 1. The van der Waals surface area contributed by atoms with E-state index in [1.54, 1.807) is 0 Å². The number of aliphatic imine (C=N–C) groups is 1. The molecule has 1 N–H and O–H groups in total. The average Bonchev–Trinajstić information content (AvgIpc) is 2.81. The van der Waals surface area contributed by atoms with Crippen LogP contribution in [0.3, 0.4) is 0 Å². The third kappa shape index (κ3) is 1.75. The van der Waals surface area contributed by atoms with Crippen LogP contribution in [0.5, 0.6) is 5.75 Å². The van der Waals surface area contributed by atoms with Crippen LogP contribution in [0.25, 0.3) is 0 Å². The van der Waals surface area contributed by atoms with Crippen molar-refractivity contribution >= 4 is 11.5 Å². The van der Waals surface area contributed by atoms with E-state index in [-0.39, 0.29) is 0 Å². The van der Waals surface area contributed by atoms with Crippen molar-refractivity contribution in [2.75, 3.05) is 25.0 Å². The lowest BCUT2D eigenvalue weighted by Crippen LogP contribution is -2.28. The number of nitrogens with one attached hydrogen (secondary N) is 1. The molecule has 0 atom stereocenters. The number of anilines is 1. The Morgan fingerprint density at radius 1 is 1.41 bits per heavy atom. The summed E-state index contributed by atoms with van der Waals surface area (Å²) in [5.74, 6) is 2.54. The minimum atomic E-state index is 0.795. The summed E-state index contributed by atoms with van der Waals surface area (Å²) >= 11 is 0. The van der Waals surface area contributed by atoms with Gasteiger partial charge in [0.05, 0.1) is 18.4 Å². The molecule has 4 heteroatoms. The fourth-order valence-electron chi connectivity index (χ4n) is 2.06. The Labute approximate surface area is 101 Å². The van der Waals surface area contributed by atoms with Gasteiger partial charge in [0.2, 0.25) is 0 Å². The first-order valence-electron chi connectivity index (χ1n) is 5.76. The van der Waals surface area contributed by atoms with Crippen LogP contribution in [-0.2, 0) is 0 Å². The molecule has 2 aliphatic rings. The molecule has 0 unspecified atom stereocenters. The topological polar surface area (TPSA) is 36.9 Å². The first-order chi connectivity index (χ1) is 8.24. The van der Waals surface area contributed by atoms with Gasteiger partial charge in [-0.3, -0.25) is 4.99 Å². The van der Waals surface area contributed by atoms with Crippen LogP contribution in [0.2, 0.25) is 0 Å². The Kier molecular flexibility index (Phi) is 2.28. The van der Waals surface area contributed by atoms with Gasteiger partial charge in [0, 0.05) is 13.6 Å². The van der Waals surface area contributed by atoms with Crippen molar-refractivity contribution < 1.29 is 4.74 Å². The van der Waals surface area contributed by atoms with Gasteiger partial charge in [0.1, 0.15) is 0 Å². The minimum Gasteiger partial charge on any atom is -0.450 e. The van der Waals surface area contributed by atoms with Crippen LogP contribution in [0, 0.1) is 6.92 Å². The van der Waals surface area contributed by atoms with Crippen LogP contribution in [0.4, 0.5) is 5.69 Å². The molecular formula is C13H15N3O. The Morgan fingerprint density at radius 3 is 3.06 bits per heavy atom. The van der Waals surface area contributed by atoms with Gasteiger partial charge in [-0.25, -0.2) is 0 Å². The number of ether oxygens (including phenoxy) is 1. The molecule has 1 aromatic carbocycles. The smallest absolute Gasteiger partial charge is 0.185 e. The quantitative estimate of drug-likeness (QED) is 0.795. The number of aryl methyl sites for hydroxylation is 1. The first-order valence-corrected chi connectivity index (χ1v) is 5.76. The van der Waals surface area contributed by atoms with E-state index >= 15 is 0 Å². The van der Waals surface area contributed by atoms with Gasteiger partial charge in [-0.2, -0.15) is 0 Å². The van der Waals surface area contributed by atoms with Crippen LogP contribution >= 0.6 is 0 Å². The molecule has 4 nitrogen and oxygen atoms in total. The highest BCUT2D eigenvalue weighted by Gasteiger charge is 2.21. The fraction of sp³-hybridized carbons (Fsp3) is 0.308. The lowest BCUT2D eigenvalue weighted by atomic mass is 10.2. The van der Waals surface area contributed by atoms with E-state index < -0.39 is 0 Å². The van der Waals surface area contributed by atoms with Gasteiger partial charge in [-0.05, 0) is 24.6 Å². The molecule has 0 saturated carbocycles. The lowest BCUT2D eigenvalue weighted by molar-refractivity contribution is 0.441. The van der Waals surface area contributed by atoms with E-state index in [2.05, 4.69) is 34.3 Å². The zero-order chi connectivity index (χ0) is 11.8. The molecular weight excluding hydrogens is 214 g/mol. The normalized spacial score (nSPS) is 17.9. The van der Waals surface area contributed by atoms with E-state index in [1.165, 1.54) is 5.56 Å². The summed E-state index contributed by atoms with van der Waals surface area (Å²) in [5, 5.41) is 3.22. The van der Waals surface area contributed by atoms with Crippen LogP contribution in [-0.4, -0.2) is 26.0 Å². The number of fused-ring (bicyclic) bond motifs is 1. The van der Waals surface area contributed by atoms with Crippen molar-refractivity contribution in [3.8, 4) is 5.75 Å². The van der Waals surface area contributed by atoms with Gasteiger partial charge in [0.15, 0.2) is 17.3 Å². The van der Waals surface area contributed by atoms with Crippen molar-refractivity contribution in [2.45, 2.75) is 6.92 Å². The van der Waals surface area contributed by atoms with E-state index in [0.29, 0.717) is 0 Å². The summed E-state index contributed by atoms with van der Waals surface area (Å²) in [5.41, 5.74) is 2.28. The van der Waals surface area contributed by atoms with Crippen molar-refractivity contribution in [1.82, 2.24) is 5.32 Å². The van der Waals surface area contributed by atoms with E-state index in [0.717, 1.165) is 36.1 Å². The summed E-state index contributed by atoms with van der Waals surface area (Å²) in [6, 6.07) is 6.21. The Morgan fingerprint density at radius 2 is 2.29 bits per heavy atom. The highest BCUT2D eigenvalue weighted by atomic mass is 16.5. The van der Waals surface area contributed by atoms with Gasteiger partial charge >= 0.3 is 0 Å². The van der Waals surface area contributed by atoms with Crippen molar-refractivity contribution in [2.24, 2.45) is 4.99 Å². The molecule has 17 heavy (non-hydrogen) atoms. The highest BCUT2D eigenvalue weighted by molar-refractivity contribution is 5.99. The molecule has 0 spiro atoms. The molecule has 0 fully saturated rings. The van der Waals surface area contributed by atoms with E-state index in [9.17, 15) is 0 Å². The maximum absolute atomic E-state index is 5.89. The standard InChI is InChI=1S/C13H15N3O/c1-9-3-4-10-11(7-9)17-12(8-16(10)2)13-14-5-6-15-13/h3-4,7-8H,5-6H2,1-2H3,(H,14,15). The third-order valence-corrected chi connectivity index (χ3v) is 2.93. The second kappa shape index (κ2) is 3.80. The monoisotopic (exact) mass is 229 g/mol. The number of hydrogen-bond acceptors (Lipinski definition) is 4. The summed E-state index contributed by atoms with van der Waals surface area (Å²) in [7, 11) is 2.02. The van der Waals surface area contributed by atoms with Gasteiger partial charge in [-0.1, -0.05) is 6.07 Å². The minimum absolute atomic E-state index is 0.795. The Bertz CT molecular complexity index is 519. The summed E-state index contributed by atoms with van der Waals surface area (Å²) in [6.07, 6.45) is 1.97. The second-order valence-corrected chi connectivity index (χ2v) is 4.33. The first kappa shape index (κ1) is 10.2. The SMILES string of the molecule is Cc1ccc2c(c1)OC(C1=NCCN1)=CN2C. The maximum Gasteiger partial charge on any atom is 0.185 e. The summed E-state index contributed by atoms with van der Waals surface area (Å²) in [6.45, 7) is 3.77. The van der Waals surface area contributed by atoms with E-state index in [4.69, 9.17) is 4.74 Å². The molecule has 0 bridgehead atoms. The highest BCUT2D eigenvalue weighted by Crippen LogP contribution is 2.34. The zero-order valence-corrected chi connectivity index (χ0v) is 10.0. The summed E-state index contributed by atoms with van der Waals surface area (Å²) < 4.78 is 5.89. The average molecular weight is 229 g/mol. The third-order valence-electron chi connectivity index (χ3n) is 2.93. The van der Waals surface area contributed by atoms with Gasteiger partial charge < -0.3 is 15.0 Å². The van der Waals surface area contributed by atoms with Crippen molar-refractivity contribution in [3.63, 3.8) is 0 Å². The molecule has 2 heterocycles. The summed E-state index contributed by atoms with van der Waals surface area (Å²) in [4.78, 5) is 6.44. The van der Waals surface area contributed by atoms with Crippen LogP contribution in [0.1, 0.15) is 5.56 Å². The predicted molar refractivity (Wildman–Crippen MR) is 68.6 cm³/mol. The van der Waals surface area contributed by atoms with Gasteiger partial charge in [0.25, 0.3) is 0 Å². The zero-order valence-electron chi connectivity index (χ0n) is 10.0. The molecule has 0 amide bonds. The maximum atomic E-state index is 5.89. The molecule has 0 saturated heterocycles. The molecule has 88 valence electrons. The molecule has 0 radical (unpaired) electrons. The van der Waals surface area contributed by atoms with Crippen molar-refractivity contribution in [1.29, 1.82) is 0 Å². The number of hydrogen-bond donors (Lipinski definition) is 1. The molecule has 1 aromatic rings. The van der Waals surface area contributed by atoms with E-state index in [1.807, 2.05) is 19.3 Å². The lowest BCUT2D eigenvalue weighted by Gasteiger charge is -2.26. The molecule has 2 aliphatic heterocycles. The van der Waals surface area contributed by atoms with Crippen molar-refractivity contribution in [3.05, 3.63) is 35.7 Å². The van der Waals surface area contributed by atoms with Crippen LogP contribution < -0.4 is 15.0 Å². The Balaban J connectivity index is 1.97. The Hall–Kier alpha value is -1.97. The number of benzene rings is 1. The van der Waals surface area contributed by atoms with Crippen LogP contribution in [0.15, 0.2) is 35.2 Å². The molecule has 0 aliphatic carbocycles. The fourth-order valence-corrected chi connectivity index (χ4v) is 2.06. The number of rotatable bonds is 1. The second-order valence-electron chi connectivity index (χ2n) is 4.33. The predicted octanol–water partition coefficient (Wildman–Crippen LogP) is 1.67. The molecule has 3 rings (SSSR count). The molecule has 0 aromatic heterocycles.